The van der Waals surface area contributed by atoms with Gasteiger partial charge >= 0.3 is 0 Å². The molecule has 178 valence electrons. The molecule has 2 aromatic rings. The van der Waals surface area contributed by atoms with Gasteiger partial charge in [0.15, 0.2) is 0 Å². The number of methoxy groups -OCH3 is 1. The number of hydrogen-bond acceptors (Lipinski definition) is 3. The molecule has 5 rings (SSSR count). The first-order chi connectivity index (χ1) is 16.1. The van der Waals surface area contributed by atoms with Crippen LogP contribution in [-0.2, 0) is 22.5 Å². The largest absolute Gasteiger partial charge is 0.381 e. The third-order valence-electron chi connectivity index (χ3n) is 8.28. The molecule has 33 heavy (non-hydrogen) atoms. The van der Waals surface area contributed by atoms with Crippen molar-refractivity contribution in [2.45, 2.75) is 82.5 Å². The zero-order chi connectivity index (χ0) is 22.9. The molecule has 5 nitrogen and oxygen atoms in total. The summed E-state index contributed by atoms with van der Waals surface area (Å²) in [7, 11) is 1.79. The number of benzene rings is 1. The van der Waals surface area contributed by atoms with E-state index in [0.717, 1.165) is 64.6 Å². The van der Waals surface area contributed by atoms with Gasteiger partial charge in [0.2, 0.25) is 5.91 Å². The fourth-order valence-electron chi connectivity index (χ4n) is 6.78. The molecule has 1 saturated heterocycles. The number of amides is 1. The summed E-state index contributed by atoms with van der Waals surface area (Å²) in [5.41, 5.74) is 4.27. The Bertz CT molecular complexity index is 1010. The minimum atomic E-state index is 0.0173. The monoisotopic (exact) mass is 449 g/mol. The number of nitrogens with one attached hydrogen (secondary N) is 1. The Morgan fingerprint density at radius 2 is 2.18 bits per heavy atom. The van der Waals surface area contributed by atoms with Crippen LogP contribution >= 0.6 is 0 Å². The van der Waals surface area contributed by atoms with Crippen molar-refractivity contribution in [2.24, 2.45) is 5.92 Å². The minimum absolute atomic E-state index is 0.0173. The van der Waals surface area contributed by atoms with Crippen molar-refractivity contribution in [3.63, 3.8) is 0 Å². The van der Waals surface area contributed by atoms with E-state index >= 15 is 0 Å². The maximum absolute atomic E-state index is 13.5. The first-order valence-electron chi connectivity index (χ1n) is 12.9. The van der Waals surface area contributed by atoms with Gasteiger partial charge in [-0.1, -0.05) is 25.1 Å². The number of aromatic nitrogens is 1. The smallest absolute Gasteiger partial charge is 0.224 e. The van der Waals surface area contributed by atoms with Crippen LogP contribution < -0.4 is 5.32 Å². The van der Waals surface area contributed by atoms with E-state index in [9.17, 15) is 4.79 Å². The van der Waals surface area contributed by atoms with Crippen molar-refractivity contribution in [2.75, 3.05) is 20.2 Å². The molecule has 1 aromatic carbocycles. The molecule has 3 unspecified atom stereocenters. The number of hydrogen-bond donors (Lipinski definition) is 1. The second kappa shape index (κ2) is 9.63. The Kier molecular flexibility index (Phi) is 6.62. The average molecular weight is 450 g/mol. The molecule has 0 spiro atoms. The van der Waals surface area contributed by atoms with E-state index in [1.165, 1.54) is 22.0 Å². The van der Waals surface area contributed by atoms with Crippen molar-refractivity contribution < 1.29 is 9.53 Å². The maximum atomic E-state index is 13.5. The Morgan fingerprint density at radius 1 is 1.30 bits per heavy atom. The van der Waals surface area contributed by atoms with Crippen LogP contribution in [0.1, 0.15) is 62.5 Å². The van der Waals surface area contributed by atoms with Gasteiger partial charge in [-0.2, -0.15) is 0 Å². The number of piperidine rings is 1. The summed E-state index contributed by atoms with van der Waals surface area (Å²) in [6.07, 6.45) is 12.0. The quantitative estimate of drug-likeness (QED) is 0.627. The van der Waals surface area contributed by atoms with Gasteiger partial charge in [0.05, 0.1) is 12.0 Å². The highest BCUT2D eigenvalue weighted by Crippen LogP contribution is 2.45. The molecule has 1 aromatic heterocycles. The molecule has 0 bridgehead atoms. The molecule has 0 radical (unpaired) electrons. The number of carbonyl (C=O) groups is 1. The second-order valence-corrected chi connectivity index (χ2v) is 10.4. The van der Waals surface area contributed by atoms with Crippen LogP contribution in [0.5, 0.6) is 0 Å². The van der Waals surface area contributed by atoms with E-state index in [0.29, 0.717) is 12.0 Å². The van der Waals surface area contributed by atoms with Gasteiger partial charge in [-0.25, -0.2) is 0 Å². The standard InChI is InChI=1S/C28H39N3O2/c1-4-12-30-17-19-15-26-24(23-10-7-11-25(30)27(19)23)14-20(18-31(26)13-5-2)28(32)29-21-8-6-9-22(16-21)33-3/h5,7,10-11,17,20-22,24,26H,2,4,6,8-9,12-16,18H2,1,3H3,(H,29,32)/t20-,21?,22?,24?,26-/m1/s1. The summed E-state index contributed by atoms with van der Waals surface area (Å²) < 4.78 is 8.01. The zero-order valence-electron chi connectivity index (χ0n) is 20.3. The fourth-order valence-corrected chi connectivity index (χ4v) is 6.78. The van der Waals surface area contributed by atoms with Gasteiger partial charge in [0.1, 0.15) is 0 Å². The maximum Gasteiger partial charge on any atom is 0.224 e. The highest BCUT2D eigenvalue weighted by molar-refractivity contribution is 5.89. The summed E-state index contributed by atoms with van der Waals surface area (Å²) in [6.45, 7) is 8.98. The molecular formula is C28H39N3O2. The Hall–Kier alpha value is -2.11. The van der Waals surface area contributed by atoms with E-state index in [-0.39, 0.29) is 24.0 Å². The van der Waals surface area contributed by atoms with Gasteiger partial charge in [0.25, 0.3) is 0 Å². The van der Waals surface area contributed by atoms with Gasteiger partial charge in [0, 0.05) is 61.8 Å². The van der Waals surface area contributed by atoms with Crippen molar-refractivity contribution in [3.8, 4) is 0 Å². The normalized spacial score (nSPS) is 29.6. The molecule has 2 aliphatic carbocycles. The summed E-state index contributed by atoms with van der Waals surface area (Å²) >= 11 is 0. The molecule has 5 atom stereocenters. The van der Waals surface area contributed by atoms with Crippen LogP contribution in [0.25, 0.3) is 10.9 Å². The first kappa shape index (κ1) is 22.7. The number of aryl methyl sites for hydroxylation is 1. The minimum Gasteiger partial charge on any atom is -0.381 e. The summed E-state index contributed by atoms with van der Waals surface area (Å²) in [5.74, 6) is 0.635. The Morgan fingerprint density at radius 3 is 2.97 bits per heavy atom. The van der Waals surface area contributed by atoms with Crippen LogP contribution in [0.3, 0.4) is 0 Å². The lowest BCUT2D eigenvalue weighted by molar-refractivity contribution is -0.128. The van der Waals surface area contributed by atoms with Crippen LogP contribution in [-0.4, -0.2) is 53.8 Å². The van der Waals surface area contributed by atoms with Crippen LogP contribution in [0.2, 0.25) is 0 Å². The van der Waals surface area contributed by atoms with E-state index in [1.54, 1.807) is 7.11 Å². The highest BCUT2D eigenvalue weighted by Gasteiger charge is 2.43. The van der Waals surface area contributed by atoms with E-state index in [4.69, 9.17) is 4.74 Å². The highest BCUT2D eigenvalue weighted by atomic mass is 16.5. The van der Waals surface area contributed by atoms with Crippen molar-refractivity contribution in [3.05, 3.63) is 48.2 Å². The summed E-state index contributed by atoms with van der Waals surface area (Å²) in [5, 5.41) is 4.85. The zero-order valence-corrected chi connectivity index (χ0v) is 20.3. The Balaban J connectivity index is 1.41. The number of nitrogens with zero attached hydrogens (tertiary/aromatic N) is 2. The molecule has 1 amide bonds. The van der Waals surface area contributed by atoms with E-state index in [2.05, 4.69) is 52.7 Å². The molecule has 1 aliphatic heterocycles. The topological polar surface area (TPSA) is 46.5 Å². The molecule has 5 heteroatoms. The number of ether oxygens (including phenoxy) is 1. The first-order valence-corrected chi connectivity index (χ1v) is 12.9. The number of carbonyl (C=O) groups excluding carboxylic acids is 1. The van der Waals surface area contributed by atoms with Crippen LogP contribution in [0.4, 0.5) is 0 Å². The molecule has 2 fully saturated rings. The van der Waals surface area contributed by atoms with Gasteiger partial charge in [-0.15, -0.1) is 6.58 Å². The molecular weight excluding hydrogens is 410 g/mol. The Labute approximate surface area is 198 Å². The van der Waals surface area contributed by atoms with Gasteiger partial charge in [-0.05, 0) is 62.1 Å². The number of rotatable bonds is 7. The third kappa shape index (κ3) is 4.26. The molecule has 1 N–H and O–H groups in total. The summed E-state index contributed by atoms with van der Waals surface area (Å²) in [6, 6.07) is 7.48. The summed E-state index contributed by atoms with van der Waals surface area (Å²) in [4.78, 5) is 16.0. The fraction of sp³-hybridized carbons (Fsp3) is 0.607. The van der Waals surface area contributed by atoms with Gasteiger partial charge < -0.3 is 14.6 Å². The predicted octanol–water partition coefficient (Wildman–Crippen LogP) is 4.64. The lowest BCUT2D eigenvalue weighted by atomic mass is 9.72. The average Bonchev–Trinajstić information content (AvgIpc) is 3.18. The third-order valence-corrected chi connectivity index (χ3v) is 8.28. The van der Waals surface area contributed by atoms with Crippen molar-refractivity contribution in [1.82, 2.24) is 14.8 Å². The van der Waals surface area contributed by atoms with Crippen molar-refractivity contribution in [1.29, 1.82) is 0 Å². The second-order valence-electron chi connectivity index (χ2n) is 10.4. The molecule has 1 saturated carbocycles. The number of fused-ring (bicyclic) bond motifs is 2. The van der Waals surface area contributed by atoms with Gasteiger partial charge in [-0.3, -0.25) is 9.69 Å². The van der Waals surface area contributed by atoms with Crippen LogP contribution in [0.15, 0.2) is 37.1 Å². The number of likely N-dealkylation sites (tertiary alicyclic amines) is 1. The van der Waals surface area contributed by atoms with E-state index < -0.39 is 0 Å². The van der Waals surface area contributed by atoms with Crippen LogP contribution in [0, 0.1) is 5.92 Å². The SMILES string of the molecule is C=CCN1C[C@H](C(=O)NC2CCCC(OC)C2)CC2c3cccc4c3c(cn4CCC)C[C@H]21. The molecule has 2 heterocycles. The van der Waals surface area contributed by atoms with E-state index in [1.807, 2.05) is 6.08 Å². The predicted molar refractivity (Wildman–Crippen MR) is 134 cm³/mol. The lowest BCUT2D eigenvalue weighted by Crippen LogP contribution is -2.54. The van der Waals surface area contributed by atoms with Crippen molar-refractivity contribution >= 4 is 16.8 Å². The lowest BCUT2D eigenvalue weighted by Gasteiger charge is -2.46. The molecule has 3 aliphatic rings.